The minimum absolute atomic E-state index is 0.151. The van der Waals surface area contributed by atoms with Gasteiger partial charge in [0.1, 0.15) is 5.82 Å². The van der Waals surface area contributed by atoms with E-state index in [4.69, 9.17) is 0 Å². The lowest BCUT2D eigenvalue weighted by atomic mass is 10.1. The van der Waals surface area contributed by atoms with E-state index >= 15 is 0 Å². The lowest BCUT2D eigenvalue weighted by molar-refractivity contribution is 0.0951. The molecule has 0 aromatic heterocycles. The van der Waals surface area contributed by atoms with Crippen molar-refractivity contribution in [2.75, 3.05) is 19.6 Å². The van der Waals surface area contributed by atoms with Crippen molar-refractivity contribution in [2.24, 2.45) is 5.92 Å². The van der Waals surface area contributed by atoms with E-state index in [1.54, 1.807) is 0 Å². The number of hydrogen-bond acceptors (Lipinski definition) is 2. The van der Waals surface area contributed by atoms with Gasteiger partial charge in [0, 0.05) is 12.1 Å². The molecule has 1 heterocycles. The number of amides is 1. The number of carbonyl (C=O) groups excluding carboxylic acids is 1. The number of carbonyl (C=O) groups is 1. The van der Waals surface area contributed by atoms with Crippen LogP contribution in [-0.4, -0.2) is 25.5 Å². The molecule has 1 saturated heterocycles. The molecule has 1 atom stereocenters. The molecule has 2 N–H and O–H groups in total. The molecule has 1 unspecified atom stereocenters. The van der Waals surface area contributed by atoms with Crippen LogP contribution in [0.25, 0.3) is 0 Å². The summed E-state index contributed by atoms with van der Waals surface area (Å²) in [6.45, 7) is 2.78. The van der Waals surface area contributed by atoms with E-state index in [2.05, 4.69) is 26.6 Å². The first-order valence-electron chi connectivity index (χ1n) is 6.11. The van der Waals surface area contributed by atoms with E-state index in [9.17, 15) is 9.18 Å². The number of nitrogens with one attached hydrogen (secondary N) is 2. The molecule has 1 aliphatic rings. The highest BCUT2D eigenvalue weighted by molar-refractivity contribution is 9.10. The third kappa shape index (κ3) is 3.53. The van der Waals surface area contributed by atoms with Gasteiger partial charge in [-0.1, -0.05) is 0 Å². The molecular weight excluding hydrogens is 299 g/mol. The summed E-state index contributed by atoms with van der Waals surface area (Å²) < 4.78 is 13.3. The van der Waals surface area contributed by atoms with Crippen LogP contribution in [0.15, 0.2) is 22.7 Å². The first-order valence-corrected chi connectivity index (χ1v) is 6.90. The van der Waals surface area contributed by atoms with E-state index < -0.39 is 0 Å². The molecule has 0 radical (unpaired) electrons. The first kappa shape index (κ1) is 13.5. The molecule has 0 bridgehead atoms. The van der Waals surface area contributed by atoms with Crippen LogP contribution in [0.2, 0.25) is 0 Å². The van der Waals surface area contributed by atoms with Gasteiger partial charge in [0.25, 0.3) is 5.91 Å². The molecule has 1 aromatic rings. The predicted molar refractivity (Wildman–Crippen MR) is 72.0 cm³/mol. The minimum atomic E-state index is -0.358. The van der Waals surface area contributed by atoms with Crippen LogP contribution < -0.4 is 10.6 Å². The molecule has 0 aliphatic carbocycles. The van der Waals surface area contributed by atoms with Crippen LogP contribution in [0.3, 0.4) is 0 Å². The Bertz CT molecular complexity index is 433. The molecule has 98 valence electrons. The highest BCUT2D eigenvalue weighted by Gasteiger charge is 2.14. The van der Waals surface area contributed by atoms with Crippen molar-refractivity contribution < 1.29 is 9.18 Å². The van der Waals surface area contributed by atoms with Crippen molar-refractivity contribution in [3.8, 4) is 0 Å². The third-order valence-corrected chi connectivity index (χ3v) is 3.79. The van der Waals surface area contributed by atoms with E-state index in [1.165, 1.54) is 24.6 Å². The second kappa shape index (κ2) is 6.29. The van der Waals surface area contributed by atoms with Crippen LogP contribution in [0.4, 0.5) is 4.39 Å². The summed E-state index contributed by atoms with van der Waals surface area (Å²) in [4.78, 5) is 11.8. The van der Waals surface area contributed by atoms with Crippen molar-refractivity contribution in [2.45, 2.75) is 12.8 Å². The predicted octanol–water partition coefficient (Wildman–Crippen LogP) is 2.32. The molecule has 3 nitrogen and oxygen atoms in total. The number of benzene rings is 1. The van der Waals surface area contributed by atoms with Crippen molar-refractivity contribution in [3.05, 3.63) is 34.1 Å². The number of halogens is 2. The Hall–Kier alpha value is -0.940. The second-order valence-electron chi connectivity index (χ2n) is 4.53. The molecule has 0 spiro atoms. The summed E-state index contributed by atoms with van der Waals surface area (Å²) in [6.07, 6.45) is 2.17. The van der Waals surface area contributed by atoms with Crippen LogP contribution in [-0.2, 0) is 0 Å². The summed E-state index contributed by atoms with van der Waals surface area (Å²) >= 11 is 3.07. The summed E-state index contributed by atoms with van der Waals surface area (Å²) in [5, 5.41) is 6.16. The van der Waals surface area contributed by atoms with Gasteiger partial charge in [-0.15, -0.1) is 0 Å². The van der Waals surface area contributed by atoms with Crippen LogP contribution >= 0.6 is 15.9 Å². The zero-order valence-corrected chi connectivity index (χ0v) is 11.6. The van der Waals surface area contributed by atoms with Gasteiger partial charge < -0.3 is 10.6 Å². The van der Waals surface area contributed by atoms with Gasteiger partial charge in [0.05, 0.1) is 4.47 Å². The molecule has 1 aliphatic heterocycles. The van der Waals surface area contributed by atoms with E-state index in [1.807, 2.05) is 0 Å². The van der Waals surface area contributed by atoms with Gasteiger partial charge in [-0.3, -0.25) is 4.79 Å². The average molecular weight is 315 g/mol. The first-order chi connectivity index (χ1) is 8.66. The molecule has 2 rings (SSSR count). The molecule has 1 amide bonds. The summed E-state index contributed by atoms with van der Waals surface area (Å²) in [5.74, 6) is 0.149. The molecule has 1 fully saturated rings. The molecule has 5 heteroatoms. The highest BCUT2D eigenvalue weighted by Crippen LogP contribution is 2.17. The monoisotopic (exact) mass is 314 g/mol. The maximum Gasteiger partial charge on any atom is 0.251 e. The van der Waals surface area contributed by atoms with Crippen molar-refractivity contribution >= 4 is 21.8 Å². The zero-order valence-electron chi connectivity index (χ0n) is 10.0. The van der Waals surface area contributed by atoms with Gasteiger partial charge >= 0.3 is 0 Å². The Balaban J connectivity index is 1.81. The highest BCUT2D eigenvalue weighted by atomic mass is 79.9. The van der Waals surface area contributed by atoms with Gasteiger partial charge in [0.15, 0.2) is 0 Å². The number of hydrogen-bond donors (Lipinski definition) is 2. The Morgan fingerprint density at radius 3 is 3.06 bits per heavy atom. The van der Waals surface area contributed by atoms with E-state index in [-0.39, 0.29) is 11.7 Å². The molecular formula is C13H16BrFN2O. The van der Waals surface area contributed by atoms with Crippen molar-refractivity contribution in [1.29, 1.82) is 0 Å². The minimum Gasteiger partial charge on any atom is -0.352 e. The molecule has 1 aromatic carbocycles. The largest absolute Gasteiger partial charge is 0.352 e. The second-order valence-corrected chi connectivity index (χ2v) is 5.39. The Kier molecular flexibility index (Phi) is 4.72. The lowest BCUT2D eigenvalue weighted by Gasteiger charge is -2.09. The quantitative estimate of drug-likeness (QED) is 0.895. The van der Waals surface area contributed by atoms with Crippen LogP contribution in [0.1, 0.15) is 23.2 Å². The molecule has 0 saturated carbocycles. The SMILES string of the molecule is O=C(NCCC1CCNC1)c1ccc(F)c(Br)c1. The summed E-state index contributed by atoms with van der Waals surface area (Å²) in [6, 6.07) is 4.29. The third-order valence-electron chi connectivity index (χ3n) is 3.18. The maximum atomic E-state index is 13.0. The molecule has 18 heavy (non-hydrogen) atoms. The average Bonchev–Trinajstić information content (AvgIpc) is 2.85. The van der Waals surface area contributed by atoms with E-state index in [0.29, 0.717) is 22.5 Å². The van der Waals surface area contributed by atoms with Gasteiger partial charge in [-0.05, 0) is 66.0 Å². The van der Waals surface area contributed by atoms with Crippen LogP contribution in [0, 0.1) is 11.7 Å². The number of rotatable bonds is 4. The van der Waals surface area contributed by atoms with Gasteiger partial charge in [-0.25, -0.2) is 4.39 Å². The van der Waals surface area contributed by atoms with E-state index in [0.717, 1.165) is 19.5 Å². The smallest absolute Gasteiger partial charge is 0.251 e. The van der Waals surface area contributed by atoms with Gasteiger partial charge in [0.2, 0.25) is 0 Å². The summed E-state index contributed by atoms with van der Waals surface area (Å²) in [7, 11) is 0. The Labute approximate surface area is 114 Å². The topological polar surface area (TPSA) is 41.1 Å². The van der Waals surface area contributed by atoms with Crippen molar-refractivity contribution in [3.63, 3.8) is 0 Å². The zero-order chi connectivity index (χ0) is 13.0. The van der Waals surface area contributed by atoms with Crippen LogP contribution in [0.5, 0.6) is 0 Å². The fraction of sp³-hybridized carbons (Fsp3) is 0.462. The van der Waals surface area contributed by atoms with Crippen molar-refractivity contribution in [1.82, 2.24) is 10.6 Å². The fourth-order valence-electron chi connectivity index (χ4n) is 2.09. The Morgan fingerprint density at radius 2 is 2.39 bits per heavy atom. The van der Waals surface area contributed by atoms with Gasteiger partial charge in [-0.2, -0.15) is 0 Å². The normalized spacial score (nSPS) is 18.9. The summed E-state index contributed by atoms with van der Waals surface area (Å²) in [5.41, 5.74) is 0.479. The Morgan fingerprint density at radius 1 is 1.56 bits per heavy atom. The fourth-order valence-corrected chi connectivity index (χ4v) is 2.47. The maximum absolute atomic E-state index is 13.0. The standard InChI is InChI=1S/C13H16BrFN2O/c14-11-7-10(1-2-12(11)15)13(18)17-6-4-9-3-5-16-8-9/h1-2,7,9,16H,3-6,8H2,(H,17,18). The lowest BCUT2D eigenvalue weighted by Crippen LogP contribution is -2.26.